The summed E-state index contributed by atoms with van der Waals surface area (Å²) in [6.07, 6.45) is 4.87. The molecule has 1 aliphatic rings. The zero-order chi connectivity index (χ0) is 20.9. The van der Waals surface area contributed by atoms with E-state index in [1.807, 2.05) is 4.90 Å². The van der Waals surface area contributed by atoms with Gasteiger partial charge in [-0.15, -0.1) is 0 Å². The van der Waals surface area contributed by atoms with E-state index in [1.54, 1.807) is 53.4 Å². The zero-order valence-corrected chi connectivity index (χ0v) is 16.6. The summed E-state index contributed by atoms with van der Waals surface area (Å²) in [5.74, 6) is 0.702. The van der Waals surface area contributed by atoms with Crippen LogP contribution >= 0.6 is 0 Å². The van der Waals surface area contributed by atoms with Gasteiger partial charge in [0, 0.05) is 43.5 Å². The van der Waals surface area contributed by atoms with Crippen molar-refractivity contribution >= 4 is 5.91 Å². The second kappa shape index (κ2) is 8.98. The number of aryl methyl sites for hydroxylation is 1. The highest BCUT2D eigenvalue weighted by Crippen LogP contribution is 2.28. The molecular formula is C23H24FN3O3. The maximum Gasteiger partial charge on any atom is 0.293 e. The fourth-order valence-corrected chi connectivity index (χ4v) is 3.75. The Labute approximate surface area is 174 Å². The van der Waals surface area contributed by atoms with Crippen molar-refractivity contribution in [3.63, 3.8) is 0 Å². The van der Waals surface area contributed by atoms with E-state index in [0.717, 1.165) is 18.4 Å². The van der Waals surface area contributed by atoms with E-state index < -0.39 is 0 Å². The summed E-state index contributed by atoms with van der Waals surface area (Å²) in [5.41, 5.74) is 1.70. The SMILES string of the molecule is O=C(c1ccc(OCCCn2ccnc2O)cc1)N1CC[C@H](c2ccc(F)cc2)C1. The Morgan fingerprint density at radius 1 is 1.17 bits per heavy atom. The third-order valence-electron chi connectivity index (χ3n) is 5.42. The maximum atomic E-state index is 13.1. The normalized spacial score (nSPS) is 16.0. The molecule has 0 saturated carbocycles. The molecule has 1 atom stereocenters. The van der Waals surface area contributed by atoms with E-state index in [1.165, 1.54) is 12.1 Å². The Bertz CT molecular complexity index is 986. The third-order valence-corrected chi connectivity index (χ3v) is 5.42. The molecule has 0 unspecified atom stereocenters. The molecule has 1 saturated heterocycles. The smallest absolute Gasteiger partial charge is 0.293 e. The first kappa shape index (κ1) is 19.9. The summed E-state index contributed by atoms with van der Waals surface area (Å²) < 4.78 is 20.5. The van der Waals surface area contributed by atoms with Crippen LogP contribution in [0.3, 0.4) is 0 Å². The topological polar surface area (TPSA) is 67.6 Å². The number of likely N-dealkylation sites (tertiary alicyclic amines) is 1. The number of hydrogen-bond acceptors (Lipinski definition) is 4. The Morgan fingerprint density at radius 3 is 2.63 bits per heavy atom. The Morgan fingerprint density at radius 2 is 1.93 bits per heavy atom. The van der Waals surface area contributed by atoms with E-state index in [2.05, 4.69) is 4.98 Å². The van der Waals surface area contributed by atoms with E-state index in [0.29, 0.717) is 37.6 Å². The largest absolute Gasteiger partial charge is 0.494 e. The number of carbonyl (C=O) groups is 1. The van der Waals surface area contributed by atoms with Crippen molar-refractivity contribution in [3.8, 4) is 11.8 Å². The summed E-state index contributed by atoms with van der Waals surface area (Å²) >= 11 is 0. The van der Waals surface area contributed by atoms with Crippen LogP contribution < -0.4 is 4.74 Å². The quantitative estimate of drug-likeness (QED) is 0.603. The van der Waals surface area contributed by atoms with Gasteiger partial charge in [0.05, 0.1) is 6.61 Å². The lowest BCUT2D eigenvalue weighted by atomic mass is 9.99. The highest BCUT2D eigenvalue weighted by Gasteiger charge is 2.27. The first-order chi connectivity index (χ1) is 14.6. The number of imidazole rings is 1. The van der Waals surface area contributed by atoms with Crippen LogP contribution in [0.4, 0.5) is 4.39 Å². The van der Waals surface area contributed by atoms with Gasteiger partial charge in [0.2, 0.25) is 0 Å². The van der Waals surface area contributed by atoms with Gasteiger partial charge < -0.3 is 19.3 Å². The van der Waals surface area contributed by atoms with Crippen LogP contribution in [-0.2, 0) is 6.54 Å². The van der Waals surface area contributed by atoms with Gasteiger partial charge in [-0.1, -0.05) is 12.1 Å². The van der Waals surface area contributed by atoms with Gasteiger partial charge in [-0.2, -0.15) is 0 Å². The standard InChI is InChI=1S/C23H24FN3O3/c24-20-6-2-17(3-7-20)19-10-13-27(16-19)22(28)18-4-8-21(9-5-18)30-15-1-12-26-14-11-25-23(26)29/h2-9,11,14,19H,1,10,12-13,15-16H2,(H,25,29)/t19-/m0/s1. The summed E-state index contributed by atoms with van der Waals surface area (Å²) in [7, 11) is 0. The molecule has 0 radical (unpaired) electrons. The monoisotopic (exact) mass is 409 g/mol. The van der Waals surface area contributed by atoms with Gasteiger partial charge in [0.1, 0.15) is 11.6 Å². The summed E-state index contributed by atoms with van der Waals surface area (Å²) in [6, 6.07) is 13.7. The van der Waals surface area contributed by atoms with E-state index in [-0.39, 0.29) is 23.7 Å². The third kappa shape index (κ3) is 4.62. The number of rotatable bonds is 7. The first-order valence-corrected chi connectivity index (χ1v) is 10.1. The van der Waals surface area contributed by atoms with Crippen LogP contribution in [0.1, 0.15) is 34.7 Å². The predicted octanol–water partition coefficient (Wildman–Crippen LogP) is 3.83. The minimum Gasteiger partial charge on any atom is -0.494 e. The number of nitrogens with zero attached hydrogens (tertiary/aromatic N) is 3. The van der Waals surface area contributed by atoms with Crippen molar-refractivity contribution in [3.05, 3.63) is 77.9 Å². The first-order valence-electron chi connectivity index (χ1n) is 10.1. The molecule has 0 bridgehead atoms. The highest BCUT2D eigenvalue weighted by atomic mass is 19.1. The van der Waals surface area contributed by atoms with E-state index in [4.69, 9.17) is 4.74 Å². The molecule has 1 aliphatic heterocycles. The van der Waals surface area contributed by atoms with Crippen molar-refractivity contribution in [1.82, 2.24) is 14.5 Å². The molecule has 156 valence electrons. The van der Waals surface area contributed by atoms with Crippen molar-refractivity contribution in [2.75, 3.05) is 19.7 Å². The highest BCUT2D eigenvalue weighted by molar-refractivity contribution is 5.94. The average Bonchev–Trinajstić information content (AvgIpc) is 3.41. The van der Waals surface area contributed by atoms with Crippen LogP contribution in [0, 0.1) is 5.82 Å². The molecule has 0 aliphatic carbocycles. The molecule has 3 aromatic rings. The number of halogens is 1. The van der Waals surface area contributed by atoms with Gasteiger partial charge in [-0.25, -0.2) is 9.37 Å². The number of aromatic nitrogens is 2. The fourth-order valence-electron chi connectivity index (χ4n) is 3.75. The Kier molecular flexibility index (Phi) is 5.97. The second-order valence-corrected chi connectivity index (χ2v) is 7.44. The summed E-state index contributed by atoms with van der Waals surface area (Å²) in [6.45, 7) is 2.45. The molecule has 1 aromatic heterocycles. The molecular weight excluding hydrogens is 385 g/mol. The number of carbonyl (C=O) groups excluding carboxylic acids is 1. The number of ether oxygens (including phenoxy) is 1. The van der Waals surface area contributed by atoms with Crippen LogP contribution in [-0.4, -0.2) is 45.2 Å². The molecule has 6 nitrogen and oxygen atoms in total. The lowest BCUT2D eigenvalue weighted by Gasteiger charge is -2.17. The molecule has 0 spiro atoms. The number of benzene rings is 2. The van der Waals surface area contributed by atoms with Gasteiger partial charge in [0.15, 0.2) is 0 Å². The van der Waals surface area contributed by atoms with Crippen LogP contribution in [0.25, 0.3) is 0 Å². The summed E-state index contributed by atoms with van der Waals surface area (Å²) in [5, 5.41) is 9.49. The Hall–Kier alpha value is -3.35. The summed E-state index contributed by atoms with van der Waals surface area (Å²) in [4.78, 5) is 18.4. The minimum absolute atomic E-state index is 0.00134. The molecule has 7 heteroatoms. The average molecular weight is 409 g/mol. The van der Waals surface area contributed by atoms with Crippen LogP contribution in [0.15, 0.2) is 60.9 Å². The molecule has 4 rings (SSSR count). The fraction of sp³-hybridized carbons (Fsp3) is 0.304. The van der Waals surface area contributed by atoms with Gasteiger partial charge in [-0.3, -0.25) is 4.79 Å². The minimum atomic E-state index is -0.244. The van der Waals surface area contributed by atoms with E-state index >= 15 is 0 Å². The Balaban J connectivity index is 1.26. The van der Waals surface area contributed by atoms with Crippen molar-refractivity contribution in [2.24, 2.45) is 0 Å². The lowest BCUT2D eigenvalue weighted by molar-refractivity contribution is 0.0790. The number of aromatic hydroxyl groups is 1. The lowest BCUT2D eigenvalue weighted by Crippen LogP contribution is -2.28. The van der Waals surface area contributed by atoms with E-state index in [9.17, 15) is 14.3 Å². The van der Waals surface area contributed by atoms with Crippen molar-refractivity contribution in [1.29, 1.82) is 0 Å². The zero-order valence-electron chi connectivity index (χ0n) is 16.6. The molecule has 30 heavy (non-hydrogen) atoms. The molecule has 1 fully saturated rings. The molecule has 1 amide bonds. The molecule has 2 heterocycles. The van der Waals surface area contributed by atoms with Crippen molar-refractivity contribution < 1.29 is 19.0 Å². The molecule has 1 N–H and O–H groups in total. The number of hydrogen-bond donors (Lipinski definition) is 1. The van der Waals surface area contributed by atoms with Crippen LogP contribution in [0.5, 0.6) is 11.8 Å². The number of amides is 1. The van der Waals surface area contributed by atoms with Gasteiger partial charge in [0.25, 0.3) is 11.9 Å². The van der Waals surface area contributed by atoms with Crippen LogP contribution in [0.2, 0.25) is 0 Å². The second-order valence-electron chi connectivity index (χ2n) is 7.44. The van der Waals surface area contributed by atoms with Crippen molar-refractivity contribution in [2.45, 2.75) is 25.3 Å². The predicted molar refractivity (Wildman–Crippen MR) is 110 cm³/mol. The maximum absolute atomic E-state index is 13.1. The van der Waals surface area contributed by atoms with Gasteiger partial charge >= 0.3 is 0 Å². The molecule has 2 aromatic carbocycles. The van der Waals surface area contributed by atoms with Gasteiger partial charge in [-0.05, 0) is 54.8 Å².